The van der Waals surface area contributed by atoms with Gasteiger partial charge in [-0.25, -0.2) is 0 Å². The Labute approximate surface area is 70.3 Å². The van der Waals surface area contributed by atoms with Crippen molar-refractivity contribution in [2.75, 3.05) is 0 Å². The molecule has 0 spiro atoms. The summed E-state index contributed by atoms with van der Waals surface area (Å²) < 4.78 is 0. The number of carbonyl (C=O) groups is 1. The van der Waals surface area contributed by atoms with E-state index in [0.29, 0.717) is 5.56 Å². The Morgan fingerprint density at radius 2 is 1.92 bits per heavy atom. The smallest absolute Gasteiger partial charge is 0.336 e. The fraction of sp³-hybridized carbons (Fsp3) is 0.111. The summed E-state index contributed by atoms with van der Waals surface area (Å²) in [6.45, 7) is 1.47. The van der Waals surface area contributed by atoms with Gasteiger partial charge in [-0.15, -0.1) is 0 Å². The van der Waals surface area contributed by atoms with E-state index in [1.165, 1.54) is 6.92 Å². The van der Waals surface area contributed by atoms with Gasteiger partial charge in [0.25, 0.3) is 5.78 Å². The van der Waals surface area contributed by atoms with Crippen molar-refractivity contribution in [2.24, 2.45) is 0 Å². The Bertz CT molecular complexity index is 337. The summed E-state index contributed by atoms with van der Waals surface area (Å²) in [5.41, 5.74) is 8.97. The Kier molecular flexibility index (Phi) is 2.51. The lowest BCUT2D eigenvalue weighted by molar-refractivity contribution is -0.00678. The zero-order valence-electron chi connectivity index (χ0n) is 6.69. The van der Waals surface area contributed by atoms with Gasteiger partial charge < -0.3 is 5.53 Å². The van der Waals surface area contributed by atoms with Gasteiger partial charge >= 0.3 is 5.71 Å². The van der Waals surface area contributed by atoms with Crippen molar-refractivity contribution in [3.8, 4) is 0 Å². The van der Waals surface area contributed by atoms with E-state index in [9.17, 15) is 4.79 Å². The first-order chi connectivity index (χ1) is 5.75. The molecule has 60 valence electrons. The van der Waals surface area contributed by atoms with Crippen LogP contribution in [-0.2, 0) is 0 Å². The third-order valence-corrected chi connectivity index (χ3v) is 1.51. The molecule has 0 heterocycles. The molecule has 0 N–H and O–H groups in total. The Balaban J connectivity index is 3.02. The number of Topliss-reactive ketones (excluding diaryl/α,β-unsaturated/α-hetero) is 1. The van der Waals surface area contributed by atoms with E-state index in [0.717, 1.165) is 0 Å². The summed E-state index contributed by atoms with van der Waals surface area (Å²) in [6, 6.07) is 8.70. The Morgan fingerprint density at radius 3 is 2.42 bits per heavy atom. The first-order valence-corrected chi connectivity index (χ1v) is 3.54. The molecule has 3 nitrogen and oxygen atoms in total. The molecular weight excluding hydrogens is 152 g/mol. The number of carbonyl (C=O) groups excluding carboxylic acids is 1. The summed E-state index contributed by atoms with van der Waals surface area (Å²) >= 11 is 0. The van der Waals surface area contributed by atoms with Crippen molar-refractivity contribution in [2.45, 2.75) is 6.92 Å². The predicted octanol–water partition coefficient (Wildman–Crippen LogP) is 1.56. The van der Waals surface area contributed by atoms with Crippen molar-refractivity contribution in [1.29, 1.82) is 0 Å². The van der Waals surface area contributed by atoms with Crippen molar-refractivity contribution in [3.63, 3.8) is 0 Å². The second-order valence-corrected chi connectivity index (χ2v) is 2.38. The maximum absolute atomic E-state index is 11.3. The molecule has 1 aromatic carbocycles. The molecule has 0 amide bonds. The van der Waals surface area contributed by atoms with Gasteiger partial charge in [-0.05, 0) is 0 Å². The third kappa shape index (κ3) is 1.65. The van der Waals surface area contributed by atoms with Crippen LogP contribution in [0.15, 0.2) is 30.3 Å². The zero-order chi connectivity index (χ0) is 8.97. The monoisotopic (exact) mass is 160 g/mol. The van der Waals surface area contributed by atoms with Crippen LogP contribution in [0.5, 0.6) is 0 Å². The van der Waals surface area contributed by atoms with E-state index in [2.05, 4.69) is 4.79 Å². The minimum absolute atomic E-state index is 0.0983. The van der Waals surface area contributed by atoms with E-state index in [4.69, 9.17) is 5.53 Å². The molecular formula is C9H8N2O. The Hall–Kier alpha value is -1.73. The highest BCUT2D eigenvalue weighted by atomic mass is 16.1. The minimum atomic E-state index is -0.252. The molecule has 3 heteroatoms. The number of ketones is 1. The lowest BCUT2D eigenvalue weighted by Crippen LogP contribution is -2.10. The molecule has 0 unspecified atom stereocenters. The highest BCUT2D eigenvalue weighted by Gasteiger charge is 2.14. The standard InChI is InChI=1S/C9H8N2O/c1-7(11-10)9(12)8-5-3-2-4-6-8/h2-6H,1H3. The lowest BCUT2D eigenvalue weighted by atomic mass is 10.1. The number of hydrogen-bond donors (Lipinski definition) is 0. The number of rotatable bonds is 2. The highest BCUT2D eigenvalue weighted by molar-refractivity contribution is 6.43. The third-order valence-electron chi connectivity index (χ3n) is 1.51. The molecule has 0 aliphatic carbocycles. The van der Waals surface area contributed by atoms with Crippen molar-refractivity contribution in [1.82, 2.24) is 0 Å². The van der Waals surface area contributed by atoms with Crippen LogP contribution >= 0.6 is 0 Å². The van der Waals surface area contributed by atoms with Gasteiger partial charge in [-0.3, -0.25) is 4.79 Å². The van der Waals surface area contributed by atoms with Crippen molar-refractivity contribution >= 4 is 11.5 Å². The number of benzene rings is 1. The van der Waals surface area contributed by atoms with E-state index in [-0.39, 0.29) is 11.5 Å². The molecule has 0 saturated heterocycles. The summed E-state index contributed by atoms with van der Waals surface area (Å²) in [4.78, 5) is 14.1. The van der Waals surface area contributed by atoms with Crippen LogP contribution in [0.2, 0.25) is 0 Å². The SMILES string of the molecule is CC(=[N+]=[N-])C(=O)c1ccccc1. The number of nitrogens with zero attached hydrogens (tertiary/aromatic N) is 2. The topological polar surface area (TPSA) is 53.5 Å². The summed E-state index contributed by atoms with van der Waals surface area (Å²) in [7, 11) is 0. The van der Waals surface area contributed by atoms with Crippen LogP contribution in [0.4, 0.5) is 0 Å². The normalized spacial score (nSPS) is 8.75. The largest absolute Gasteiger partial charge is 0.361 e. The first kappa shape index (κ1) is 8.37. The molecule has 0 aromatic heterocycles. The molecule has 1 rings (SSSR count). The van der Waals surface area contributed by atoms with E-state index < -0.39 is 0 Å². The molecule has 0 radical (unpaired) electrons. The van der Waals surface area contributed by atoms with Crippen LogP contribution in [0.1, 0.15) is 17.3 Å². The van der Waals surface area contributed by atoms with Crippen LogP contribution in [0.3, 0.4) is 0 Å². The predicted molar refractivity (Wildman–Crippen MR) is 45.1 cm³/mol. The molecule has 12 heavy (non-hydrogen) atoms. The minimum Gasteiger partial charge on any atom is -0.361 e. The Morgan fingerprint density at radius 1 is 1.33 bits per heavy atom. The second kappa shape index (κ2) is 3.60. The molecule has 0 aliphatic heterocycles. The van der Waals surface area contributed by atoms with Crippen LogP contribution in [0.25, 0.3) is 5.53 Å². The fourth-order valence-corrected chi connectivity index (χ4v) is 0.844. The van der Waals surface area contributed by atoms with Crippen molar-refractivity contribution < 1.29 is 9.58 Å². The van der Waals surface area contributed by atoms with E-state index >= 15 is 0 Å². The van der Waals surface area contributed by atoms with Crippen LogP contribution in [0, 0.1) is 0 Å². The zero-order valence-corrected chi connectivity index (χ0v) is 6.69. The van der Waals surface area contributed by atoms with Crippen LogP contribution in [-0.4, -0.2) is 16.3 Å². The molecule has 0 fully saturated rings. The van der Waals surface area contributed by atoms with Gasteiger partial charge in [0.15, 0.2) is 0 Å². The second-order valence-electron chi connectivity index (χ2n) is 2.38. The summed E-state index contributed by atoms with van der Waals surface area (Å²) in [6.07, 6.45) is 0. The average Bonchev–Trinajstić information content (AvgIpc) is 2.17. The maximum Gasteiger partial charge on any atom is 0.336 e. The fourth-order valence-electron chi connectivity index (χ4n) is 0.844. The van der Waals surface area contributed by atoms with Crippen molar-refractivity contribution in [3.05, 3.63) is 41.4 Å². The van der Waals surface area contributed by atoms with Gasteiger partial charge in [0.05, 0.1) is 0 Å². The van der Waals surface area contributed by atoms with E-state index in [1.54, 1.807) is 24.3 Å². The highest BCUT2D eigenvalue weighted by Crippen LogP contribution is 1.99. The van der Waals surface area contributed by atoms with Gasteiger partial charge in [-0.2, -0.15) is 4.79 Å². The van der Waals surface area contributed by atoms with Gasteiger partial charge in [0, 0.05) is 12.5 Å². The van der Waals surface area contributed by atoms with Gasteiger partial charge in [0.1, 0.15) is 0 Å². The summed E-state index contributed by atoms with van der Waals surface area (Å²) in [5.74, 6) is -0.252. The first-order valence-electron chi connectivity index (χ1n) is 3.54. The quantitative estimate of drug-likeness (QED) is 0.280. The van der Waals surface area contributed by atoms with Gasteiger partial charge in [0.2, 0.25) is 0 Å². The molecule has 0 aliphatic rings. The number of hydrogen-bond acceptors (Lipinski definition) is 1. The molecule has 0 atom stereocenters. The summed E-state index contributed by atoms with van der Waals surface area (Å²) in [5, 5.41) is 0. The molecule has 1 aromatic rings. The molecule has 0 bridgehead atoms. The van der Waals surface area contributed by atoms with Gasteiger partial charge in [-0.1, -0.05) is 30.3 Å². The van der Waals surface area contributed by atoms with E-state index in [1.807, 2.05) is 6.07 Å². The molecule has 0 saturated carbocycles. The maximum atomic E-state index is 11.3. The lowest BCUT2D eigenvalue weighted by Gasteiger charge is -1.90. The van der Waals surface area contributed by atoms with Crippen LogP contribution < -0.4 is 0 Å². The average molecular weight is 160 g/mol.